The van der Waals surface area contributed by atoms with Gasteiger partial charge in [-0.2, -0.15) is 4.98 Å². The first kappa shape index (κ1) is 12.6. The third-order valence-electron chi connectivity index (χ3n) is 3.68. The summed E-state index contributed by atoms with van der Waals surface area (Å²) < 4.78 is 5.37. The molecule has 0 atom stereocenters. The fourth-order valence-corrected chi connectivity index (χ4v) is 2.76. The molecule has 0 saturated heterocycles. The van der Waals surface area contributed by atoms with E-state index in [1.807, 2.05) is 24.3 Å². The lowest BCUT2D eigenvalue weighted by molar-refractivity contribution is 0.220. The Bertz CT molecular complexity index is 576. The molecule has 3 rings (SSSR count). The van der Waals surface area contributed by atoms with Gasteiger partial charge in [-0.25, -0.2) is 0 Å². The molecule has 1 fully saturated rings. The normalized spacial score (nSPS) is 18.4. The zero-order chi connectivity index (χ0) is 13.3. The van der Waals surface area contributed by atoms with Gasteiger partial charge in [-0.1, -0.05) is 48.2 Å². The van der Waals surface area contributed by atoms with Gasteiger partial charge in [0.05, 0.1) is 5.54 Å². The highest BCUT2D eigenvalue weighted by atomic mass is 35.5. The maximum absolute atomic E-state index is 6.38. The summed E-state index contributed by atoms with van der Waals surface area (Å²) in [4.78, 5) is 4.46. The van der Waals surface area contributed by atoms with Crippen molar-refractivity contribution in [2.75, 3.05) is 0 Å². The predicted molar refractivity (Wildman–Crippen MR) is 73.7 cm³/mol. The van der Waals surface area contributed by atoms with Gasteiger partial charge in [-0.15, -0.1) is 0 Å². The molecule has 0 amide bonds. The molecule has 100 valence electrons. The summed E-state index contributed by atoms with van der Waals surface area (Å²) in [5, 5.41) is 4.68. The van der Waals surface area contributed by atoms with Gasteiger partial charge < -0.3 is 10.3 Å². The highest BCUT2D eigenvalue weighted by molar-refractivity contribution is 6.30. The smallest absolute Gasteiger partial charge is 0.247 e. The van der Waals surface area contributed by atoms with Crippen molar-refractivity contribution in [1.29, 1.82) is 0 Å². The van der Waals surface area contributed by atoms with Crippen LogP contribution in [-0.2, 0) is 5.54 Å². The largest absolute Gasteiger partial charge is 0.337 e. The average molecular weight is 278 g/mol. The van der Waals surface area contributed by atoms with Gasteiger partial charge in [0.15, 0.2) is 0 Å². The van der Waals surface area contributed by atoms with Crippen LogP contribution in [0.3, 0.4) is 0 Å². The van der Waals surface area contributed by atoms with E-state index >= 15 is 0 Å². The van der Waals surface area contributed by atoms with E-state index in [0.29, 0.717) is 16.7 Å². The second-order valence-electron chi connectivity index (χ2n) is 5.15. The number of rotatable bonds is 2. The lowest BCUT2D eigenvalue weighted by atomic mass is 9.82. The monoisotopic (exact) mass is 277 g/mol. The molecule has 0 radical (unpaired) electrons. The number of aromatic nitrogens is 2. The first-order valence-electron chi connectivity index (χ1n) is 6.56. The van der Waals surface area contributed by atoms with E-state index in [-0.39, 0.29) is 0 Å². The first-order valence-corrected chi connectivity index (χ1v) is 6.94. The van der Waals surface area contributed by atoms with Gasteiger partial charge >= 0.3 is 0 Å². The maximum Gasteiger partial charge on any atom is 0.247 e. The van der Waals surface area contributed by atoms with Crippen LogP contribution in [0, 0.1) is 0 Å². The topological polar surface area (TPSA) is 64.9 Å². The van der Waals surface area contributed by atoms with Gasteiger partial charge in [-0.05, 0) is 25.0 Å². The van der Waals surface area contributed by atoms with Crippen LogP contribution >= 0.6 is 11.6 Å². The average Bonchev–Trinajstić information content (AvgIpc) is 2.90. The summed E-state index contributed by atoms with van der Waals surface area (Å²) in [7, 11) is 0. The van der Waals surface area contributed by atoms with Crippen molar-refractivity contribution < 1.29 is 4.52 Å². The second-order valence-corrected chi connectivity index (χ2v) is 5.59. The van der Waals surface area contributed by atoms with Crippen molar-refractivity contribution in [3.8, 4) is 11.4 Å². The Morgan fingerprint density at radius 1 is 1.21 bits per heavy atom. The summed E-state index contributed by atoms with van der Waals surface area (Å²) >= 11 is 5.97. The van der Waals surface area contributed by atoms with Gasteiger partial charge in [-0.3, -0.25) is 0 Å². The molecule has 0 bridgehead atoms. The Morgan fingerprint density at radius 3 is 2.74 bits per heavy atom. The van der Waals surface area contributed by atoms with Gasteiger partial charge in [0.25, 0.3) is 0 Å². The van der Waals surface area contributed by atoms with Crippen LogP contribution in [0.5, 0.6) is 0 Å². The maximum atomic E-state index is 6.38. The Kier molecular flexibility index (Phi) is 3.29. The minimum atomic E-state index is -0.456. The lowest BCUT2D eigenvalue weighted by Gasteiger charge is -2.29. The molecule has 1 heterocycles. The third kappa shape index (κ3) is 2.51. The standard InChI is InChI=1S/C14H16ClN3O/c15-11-6-4-5-10(9-11)12-17-13(19-18-12)14(16)7-2-1-3-8-14/h4-6,9H,1-3,7-8,16H2. The summed E-state index contributed by atoms with van der Waals surface area (Å²) in [5.41, 5.74) is 6.77. The molecule has 0 unspecified atom stereocenters. The molecule has 1 aromatic carbocycles. The van der Waals surface area contributed by atoms with Crippen LogP contribution in [0.15, 0.2) is 28.8 Å². The second kappa shape index (κ2) is 4.94. The van der Waals surface area contributed by atoms with Crippen LogP contribution in [0.2, 0.25) is 5.02 Å². The van der Waals surface area contributed by atoms with E-state index in [2.05, 4.69) is 10.1 Å². The van der Waals surface area contributed by atoms with E-state index in [9.17, 15) is 0 Å². The van der Waals surface area contributed by atoms with Crippen LogP contribution in [0.1, 0.15) is 38.0 Å². The lowest BCUT2D eigenvalue weighted by Crippen LogP contribution is -2.38. The Morgan fingerprint density at radius 2 is 2.00 bits per heavy atom. The van der Waals surface area contributed by atoms with Crippen molar-refractivity contribution in [1.82, 2.24) is 10.1 Å². The van der Waals surface area contributed by atoms with Crippen molar-refractivity contribution in [2.24, 2.45) is 5.73 Å². The molecule has 19 heavy (non-hydrogen) atoms. The molecule has 2 aromatic rings. The Labute approximate surface area is 117 Å². The summed E-state index contributed by atoms with van der Waals surface area (Å²) in [6, 6.07) is 7.41. The fourth-order valence-electron chi connectivity index (χ4n) is 2.57. The fraction of sp³-hybridized carbons (Fsp3) is 0.429. The molecule has 1 aromatic heterocycles. The molecule has 1 aliphatic carbocycles. The quantitative estimate of drug-likeness (QED) is 0.912. The Balaban J connectivity index is 1.91. The molecule has 0 aliphatic heterocycles. The third-order valence-corrected chi connectivity index (χ3v) is 3.92. The van der Waals surface area contributed by atoms with Crippen LogP contribution in [0.4, 0.5) is 0 Å². The minimum Gasteiger partial charge on any atom is -0.337 e. The van der Waals surface area contributed by atoms with E-state index in [0.717, 1.165) is 31.2 Å². The summed E-state index contributed by atoms with van der Waals surface area (Å²) in [5.74, 6) is 1.09. The highest BCUT2D eigenvalue weighted by Gasteiger charge is 2.35. The Hall–Kier alpha value is -1.39. The van der Waals surface area contributed by atoms with Crippen molar-refractivity contribution in [2.45, 2.75) is 37.6 Å². The highest BCUT2D eigenvalue weighted by Crippen LogP contribution is 2.34. The van der Waals surface area contributed by atoms with Gasteiger partial charge in [0, 0.05) is 10.6 Å². The zero-order valence-electron chi connectivity index (χ0n) is 10.6. The number of benzene rings is 1. The molecule has 1 aliphatic rings. The molecule has 4 nitrogen and oxygen atoms in total. The molecule has 0 spiro atoms. The van der Waals surface area contributed by atoms with Crippen LogP contribution < -0.4 is 5.73 Å². The van der Waals surface area contributed by atoms with Crippen molar-refractivity contribution in [3.05, 3.63) is 35.2 Å². The number of nitrogens with zero attached hydrogens (tertiary/aromatic N) is 2. The van der Waals surface area contributed by atoms with Gasteiger partial charge in [0.1, 0.15) is 0 Å². The van der Waals surface area contributed by atoms with E-state index in [4.69, 9.17) is 21.9 Å². The van der Waals surface area contributed by atoms with Crippen LogP contribution in [0.25, 0.3) is 11.4 Å². The molecule has 1 saturated carbocycles. The molecular formula is C14H16ClN3O. The molecular weight excluding hydrogens is 262 g/mol. The number of nitrogens with two attached hydrogens (primary N) is 1. The van der Waals surface area contributed by atoms with Gasteiger partial charge in [0.2, 0.25) is 11.7 Å². The first-order chi connectivity index (χ1) is 9.17. The van der Waals surface area contributed by atoms with E-state index in [1.165, 1.54) is 6.42 Å². The minimum absolute atomic E-state index is 0.456. The van der Waals surface area contributed by atoms with Crippen LogP contribution in [-0.4, -0.2) is 10.1 Å². The van der Waals surface area contributed by atoms with Crippen molar-refractivity contribution in [3.63, 3.8) is 0 Å². The summed E-state index contributed by atoms with van der Waals surface area (Å²) in [6.45, 7) is 0. The van der Waals surface area contributed by atoms with E-state index < -0.39 is 5.54 Å². The summed E-state index contributed by atoms with van der Waals surface area (Å²) in [6.07, 6.45) is 5.28. The molecule has 2 N–H and O–H groups in total. The van der Waals surface area contributed by atoms with E-state index in [1.54, 1.807) is 0 Å². The molecule has 5 heteroatoms. The number of hydrogen-bond donors (Lipinski definition) is 1. The number of hydrogen-bond acceptors (Lipinski definition) is 4. The number of halogens is 1. The SMILES string of the molecule is NC1(c2nc(-c3cccc(Cl)c3)no2)CCCCC1. The van der Waals surface area contributed by atoms with Crippen molar-refractivity contribution >= 4 is 11.6 Å². The zero-order valence-corrected chi connectivity index (χ0v) is 11.4. The predicted octanol–water partition coefficient (Wildman–Crippen LogP) is 3.51.